The molecule has 4 unspecified atom stereocenters. The minimum atomic E-state index is 0.400. The lowest BCUT2D eigenvalue weighted by atomic mass is 10.0. The third-order valence-electron chi connectivity index (χ3n) is 4.25. The molecule has 1 aromatic rings. The van der Waals surface area contributed by atoms with Crippen molar-refractivity contribution in [2.45, 2.75) is 48.9 Å². The van der Waals surface area contributed by atoms with Crippen LogP contribution in [0.5, 0.6) is 0 Å². The average Bonchev–Trinajstić information content (AvgIpc) is 3.10. The van der Waals surface area contributed by atoms with Crippen LogP contribution in [0.15, 0.2) is 4.52 Å². The Morgan fingerprint density at radius 1 is 1.35 bits per heavy atom. The van der Waals surface area contributed by atoms with E-state index in [1.54, 1.807) is 0 Å². The molecule has 0 aromatic carbocycles. The van der Waals surface area contributed by atoms with Crippen molar-refractivity contribution in [2.24, 2.45) is 5.92 Å². The second kappa shape index (κ2) is 6.71. The minimum absolute atomic E-state index is 0.400. The molecule has 20 heavy (non-hydrogen) atoms. The predicted molar refractivity (Wildman–Crippen MR) is 85.3 cm³/mol. The molecule has 0 radical (unpaired) electrons. The van der Waals surface area contributed by atoms with Crippen molar-refractivity contribution in [3.63, 3.8) is 0 Å². The first-order chi connectivity index (χ1) is 9.72. The summed E-state index contributed by atoms with van der Waals surface area (Å²) < 4.78 is 5.44. The maximum atomic E-state index is 5.44. The van der Waals surface area contributed by atoms with Crippen LogP contribution in [0, 0.1) is 5.92 Å². The maximum absolute atomic E-state index is 5.44. The summed E-state index contributed by atoms with van der Waals surface area (Å²) >= 11 is 4.01. The molecule has 2 saturated heterocycles. The van der Waals surface area contributed by atoms with E-state index < -0.39 is 0 Å². The Kier molecular flexibility index (Phi) is 4.94. The van der Waals surface area contributed by atoms with Crippen LogP contribution in [0.25, 0.3) is 0 Å². The lowest BCUT2D eigenvalue weighted by Crippen LogP contribution is -2.22. The highest BCUT2D eigenvalue weighted by Crippen LogP contribution is 2.43. The van der Waals surface area contributed by atoms with Gasteiger partial charge in [0.1, 0.15) is 0 Å². The lowest BCUT2D eigenvalue weighted by Gasteiger charge is -2.29. The minimum Gasteiger partial charge on any atom is -0.339 e. The van der Waals surface area contributed by atoms with Crippen LogP contribution >= 0.6 is 23.5 Å². The number of aromatic nitrogens is 2. The molecule has 2 aliphatic rings. The molecule has 0 saturated carbocycles. The van der Waals surface area contributed by atoms with Gasteiger partial charge >= 0.3 is 0 Å². The van der Waals surface area contributed by atoms with E-state index in [1.165, 1.54) is 6.42 Å². The van der Waals surface area contributed by atoms with Crippen LogP contribution in [0.1, 0.15) is 43.7 Å². The van der Waals surface area contributed by atoms with Crippen molar-refractivity contribution >= 4 is 23.5 Å². The van der Waals surface area contributed by atoms with E-state index in [-0.39, 0.29) is 0 Å². The number of hydrogen-bond donors (Lipinski definition) is 1. The first-order valence-corrected chi connectivity index (χ1v) is 9.52. The zero-order valence-corrected chi connectivity index (χ0v) is 13.8. The molecule has 1 N–H and O–H groups in total. The van der Waals surface area contributed by atoms with Crippen LogP contribution in [-0.4, -0.2) is 39.5 Å². The molecule has 3 heterocycles. The quantitative estimate of drug-likeness (QED) is 0.922. The van der Waals surface area contributed by atoms with Gasteiger partial charge in [-0.1, -0.05) is 19.0 Å². The van der Waals surface area contributed by atoms with Gasteiger partial charge in [-0.3, -0.25) is 0 Å². The molecule has 112 valence electrons. The Morgan fingerprint density at radius 3 is 3.00 bits per heavy atom. The van der Waals surface area contributed by atoms with Crippen molar-refractivity contribution in [1.29, 1.82) is 0 Å². The number of nitrogens with one attached hydrogen (secondary N) is 1. The fraction of sp³-hybridized carbons (Fsp3) is 0.857. The van der Waals surface area contributed by atoms with Gasteiger partial charge in [0.15, 0.2) is 5.82 Å². The molecule has 6 heteroatoms. The number of nitrogens with zero attached hydrogens (tertiary/aromatic N) is 2. The summed E-state index contributed by atoms with van der Waals surface area (Å²) in [4.78, 5) is 4.62. The number of hydrogen-bond acceptors (Lipinski definition) is 6. The Labute approximate surface area is 129 Å². The second-order valence-electron chi connectivity index (χ2n) is 5.81. The molecule has 1 aromatic heterocycles. The summed E-state index contributed by atoms with van der Waals surface area (Å²) in [6.07, 6.45) is 3.37. The van der Waals surface area contributed by atoms with Gasteiger partial charge in [-0.2, -0.15) is 16.7 Å². The van der Waals surface area contributed by atoms with E-state index in [1.807, 2.05) is 23.5 Å². The van der Waals surface area contributed by atoms with Crippen molar-refractivity contribution in [3.8, 4) is 0 Å². The Morgan fingerprint density at radius 2 is 2.25 bits per heavy atom. The molecule has 0 aliphatic carbocycles. The van der Waals surface area contributed by atoms with E-state index in [0.29, 0.717) is 10.5 Å². The van der Waals surface area contributed by atoms with E-state index in [4.69, 9.17) is 4.52 Å². The number of thioether (sulfide) groups is 2. The summed E-state index contributed by atoms with van der Waals surface area (Å²) in [5, 5.41) is 9.39. The topological polar surface area (TPSA) is 51.0 Å². The standard InChI is InChI=1S/C14H23N3OS2/c1-9-10(2)20-12(8-19-9)14-16-13(18-17-14)4-3-11-5-6-15-7-11/h9-12,15H,3-8H2,1-2H3. The van der Waals surface area contributed by atoms with Gasteiger partial charge in [0, 0.05) is 22.7 Å². The van der Waals surface area contributed by atoms with E-state index >= 15 is 0 Å². The molecule has 4 atom stereocenters. The second-order valence-corrected chi connectivity index (χ2v) is 8.81. The summed E-state index contributed by atoms with van der Waals surface area (Å²) in [6.45, 7) is 6.90. The van der Waals surface area contributed by atoms with E-state index in [0.717, 1.165) is 54.6 Å². The molecular weight excluding hydrogens is 290 g/mol. The highest BCUT2D eigenvalue weighted by Gasteiger charge is 2.29. The molecule has 4 nitrogen and oxygen atoms in total. The van der Waals surface area contributed by atoms with Crippen LogP contribution in [0.4, 0.5) is 0 Å². The fourth-order valence-electron chi connectivity index (χ4n) is 2.71. The molecule has 2 fully saturated rings. The lowest BCUT2D eigenvalue weighted by molar-refractivity contribution is 0.360. The van der Waals surface area contributed by atoms with Gasteiger partial charge in [-0.25, -0.2) is 0 Å². The molecule has 3 rings (SSSR count). The first kappa shape index (κ1) is 14.7. The third-order valence-corrected chi connectivity index (χ3v) is 7.64. The van der Waals surface area contributed by atoms with Gasteiger partial charge in [-0.15, -0.1) is 11.8 Å². The summed E-state index contributed by atoms with van der Waals surface area (Å²) in [5.74, 6) is 3.61. The van der Waals surface area contributed by atoms with Crippen LogP contribution in [0.3, 0.4) is 0 Å². The Balaban J connectivity index is 1.53. The van der Waals surface area contributed by atoms with Crippen molar-refractivity contribution in [1.82, 2.24) is 15.5 Å². The van der Waals surface area contributed by atoms with Gasteiger partial charge < -0.3 is 9.84 Å². The normalized spacial score (nSPS) is 34.5. The zero-order valence-electron chi connectivity index (χ0n) is 12.2. The van der Waals surface area contributed by atoms with Crippen LogP contribution < -0.4 is 5.32 Å². The summed E-state index contributed by atoms with van der Waals surface area (Å²) in [6, 6.07) is 0. The first-order valence-electron chi connectivity index (χ1n) is 7.52. The van der Waals surface area contributed by atoms with Gasteiger partial charge in [0.25, 0.3) is 0 Å². The predicted octanol–water partition coefficient (Wildman–Crippen LogP) is 2.91. The number of aryl methyl sites for hydroxylation is 1. The smallest absolute Gasteiger partial charge is 0.226 e. The molecule has 0 bridgehead atoms. The van der Waals surface area contributed by atoms with Crippen LogP contribution in [0.2, 0.25) is 0 Å². The van der Waals surface area contributed by atoms with Gasteiger partial charge in [0.05, 0.1) is 5.25 Å². The monoisotopic (exact) mass is 313 g/mol. The molecule has 2 aliphatic heterocycles. The Hall–Kier alpha value is -0.200. The van der Waals surface area contributed by atoms with Gasteiger partial charge in [0.2, 0.25) is 5.89 Å². The maximum Gasteiger partial charge on any atom is 0.226 e. The van der Waals surface area contributed by atoms with Crippen LogP contribution in [-0.2, 0) is 6.42 Å². The Bertz CT molecular complexity index is 434. The van der Waals surface area contributed by atoms with Crippen molar-refractivity contribution in [3.05, 3.63) is 11.7 Å². The molecular formula is C14H23N3OS2. The van der Waals surface area contributed by atoms with Crippen molar-refractivity contribution in [2.75, 3.05) is 18.8 Å². The fourth-order valence-corrected chi connectivity index (χ4v) is 5.54. The highest BCUT2D eigenvalue weighted by molar-refractivity contribution is 8.07. The third kappa shape index (κ3) is 3.52. The zero-order chi connectivity index (χ0) is 13.9. The number of rotatable bonds is 4. The SMILES string of the molecule is CC1SCC(c2noc(CCC3CCNC3)n2)SC1C. The summed E-state index contributed by atoms with van der Waals surface area (Å²) in [5.41, 5.74) is 0. The average molecular weight is 313 g/mol. The molecule has 0 amide bonds. The van der Waals surface area contributed by atoms with E-state index in [2.05, 4.69) is 29.3 Å². The van der Waals surface area contributed by atoms with Crippen molar-refractivity contribution < 1.29 is 4.52 Å². The largest absolute Gasteiger partial charge is 0.339 e. The van der Waals surface area contributed by atoms with Gasteiger partial charge in [-0.05, 0) is 31.8 Å². The van der Waals surface area contributed by atoms with E-state index in [9.17, 15) is 0 Å². The highest BCUT2D eigenvalue weighted by atomic mass is 32.2. The molecule has 0 spiro atoms. The summed E-state index contributed by atoms with van der Waals surface area (Å²) in [7, 11) is 0.